The van der Waals surface area contributed by atoms with Crippen LogP contribution in [-0.4, -0.2) is 32.6 Å². The van der Waals surface area contributed by atoms with E-state index in [1.54, 1.807) is 18.2 Å². The highest BCUT2D eigenvalue weighted by Gasteiger charge is 2.36. The van der Waals surface area contributed by atoms with Gasteiger partial charge in [0.25, 0.3) is 0 Å². The highest BCUT2D eigenvalue weighted by atomic mass is 19.4. The molecule has 30 heavy (non-hydrogen) atoms. The van der Waals surface area contributed by atoms with Crippen molar-refractivity contribution in [3.8, 4) is 11.5 Å². The standard InChI is InChI=1S/C21H21F3N2O4/c1-29-16-6-7-17(18(10-16)30-2)26-12-14(9-19(26)27)20(28)25-11-13-4-3-5-15(8-13)21(22,23)24/h3-8,10,14H,9,11-12H2,1-2H3,(H,25,28). The molecular weight excluding hydrogens is 401 g/mol. The Morgan fingerprint density at radius 2 is 1.93 bits per heavy atom. The molecule has 1 fully saturated rings. The summed E-state index contributed by atoms with van der Waals surface area (Å²) < 4.78 is 48.9. The monoisotopic (exact) mass is 422 g/mol. The lowest BCUT2D eigenvalue weighted by atomic mass is 10.1. The van der Waals surface area contributed by atoms with Crippen LogP contribution in [0.3, 0.4) is 0 Å². The molecule has 0 bridgehead atoms. The minimum Gasteiger partial charge on any atom is -0.497 e. The van der Waals surface area contributed by atoms with E-state index in [2.05, 4.69) is 5.32 Å². The number of rotatable bonds is 6. The fraction of sp³-hybridized carbons (Fsp3) is 0.333. The van der Waals surface area contributed by atoms with Gasteiger partial charge in [-0.3, -0.25) is 9.59 Å². The van der Waals surface area contributed by atoms with E-state index < -0.39 is 23.6 Å². The molecule has 0 spiro atoms. The number of alkyl halides is 3. The van der Waals surface area contributed by atoms with Crippen LogP contribution in [0.15, 0.2) is 42.5 Å². The highest BCUT2D eigenvalue weighted by Crippen LogP contribution is 2.36. The van der Waals surface area contributed by atoms with Crippen LogP contribution in [0.2, 0.25) is 0 Å². The summed E-state index contributed by atoms with van der Waals surface area (Å²) in [5.74, 6) is -0.242. The maximum Gasteiger partial charge on any atom is 0.416 e. The van der Waals surface area contributed by atoms with Gasteiger partial charge >= 0.3 is 6.18 Å². The number of nitrogens with zero attached hydrogens (tertiary/aromatic N) is 1. The lowest BCUT2D eigenvalue weighted by molar-refractivity contribution is -0.137. The third kappa shape index (κ3) is 4.67. The van der Waals surface area contributed by atoms with E-state index in [1.807, 2.05) is 0 Å². The lowest BCUT2D eigenvalue weighted by Gasteiger charge is -2.20. The first-order valence-corrected chi connectivity index (χ1v) is 9.19. The molecule has 1 atom stereocenters. The molecule has 1 N–H and O–H groups in total. The van der Waals surface area contributed by atoms with Crippen LogP contribution >= 0.6 is 0 Å². The summed E-state index contributed by atoms with van der Waals surface area (Å²) >= 11 is 0. The summed E-state index contributed by atoms with van der Waals surface area (Å²) in [6, 6.07) is 9.77. The Kier molecular flexibility index (Phi) is 6.19. The zero-order chi connectivity index (χ0) is 21.9. The molecule has 0 aromatic heterocycles. The van der Waals surface area contributed by atoms with E-state index >= 15 is 0 Å². The van der Waals surface area contributed by atoms with E-state index in [4.69, 9.17) is 9.47 Å². The summed E-state index contributed by atoms with van der Waals surface area (Å²) in [5, 5.41) is 2.62. The van der Waals surface area contributed by atoms with E-state index in [-0.39, 0.29) is 25.4 Å². The molecule has 1 aliphatic rings. The molecule has 0 radical (unpaired) electrons. The molecule has 3 rings (SSSR count). The second kappa shape index (κ2) is 8.64. The van der Waals surface area contributed by atoms with Crippen molar-refractivity contribution in [2.24, 2.45) is 5.92 Å². The zero-order valence-electron chi connectivity index (χ0n) is 16.5. The van der Waals surface area contributed by atoms with Crippen LogP contribution in [-0.2, 0) is 22.3 Å². The Balaban J connectivity index is 1.66. The van der Waals surface area contributed by atoms with E-state index in [0.717, 1.165) is 12.1 Å². The molecule has 1 heterocycles. The van der Waals surface area contributed by atoms with Gasteiger partial charge in [0.1, 0.15) is 11.5 Å². The third-order valence-corrected chi connectivity index (χ3v) is 4.89. The highest BCUT2D eigenvalue weighted by molar-refractivity contribution is 6.01. The summed E-state index contributed by atoms with van der Waals surface area (Å²) in [6.07, 6.45) is -4.45. The Morgan fingerprint density at radius 1 is 1.17 bits per heavy atom. The van der Waals surface area contributed by atoms with Crippen molar-refractivity contribution in [2.45, 2.75) is 19.1 Å². The number of benzene rings is 2. The summed E-state index contributed by atoms with van der Waals surface area (Å²) in [4.78, 5) is 26.5. The maximum absolute atomic E-state index is 12.8. The van der Waals surface area contributed by atoms with Gasteiger partial charge in [0.05, 0.1) is 31.4 Å². The number of methoxy groups -OCH3 is 2. The van der Waals surface area contributed by atoms with Crippen LogP contribution in [0.5, 0.6) is 11.5 Å². The number of nitrogens with one attached hydrogen (secondary N) is 1. The summed E-state index contributed by atoms with van der Waals surface area (Å²) in [6.45, 7) is 0.0925. The normalized spacial score (nSPS) is 16.5. The number of amides is 2. The second-order valence-corrected chi connectivity index (χ2v) is 6.86. The van der Waals surface area contributed by atoms with Gasteiger partial charge in [0.15, 0.2) is 0 Å². The van der Waals surface area contributed by atoms with Crippen molar-refractivity contribution in [2.75, 3.05) is 25.7 Å². The first-order chi connectivity index (χ1) is 14.2. The quantitative estimate of drug-likeness (QED) is 0.775. The molecular formula is C21H21F3N2O4. The van der Waals surface area contributed by atoms with Crippen LogP contribution < -0.4 is 19.7 Å². The molecule has 0 aliphatic carbocycles. The van der Waals surface area contributed by atoms with Gasteiger partial charge in [-0.1, -0.05) is 12.1 Å². The van der Waals surface area contributed by atoms with Gasteiger partial charge in [-0.15, -0.1) is 0 Å². The van der Waals surface area contributed by atoms with Crippen molar-refractivity contribution in [3.63, 3.8) is 0 Å². The topological polar surface area (TPSA) is 67.9 Å². The molecule has 1 unspecified atom stereocenters. The fourth-order valence-electron chi connectivity index (χ4n) is 3.32. The van der Waals surface area contributed by atoms with Gasteiger partial charge < -0.3 is 19.7 Å². The van der Waals surface area contributed by atoms with Gasteiger partial charge in [-0.05, 0) is 29.8 Å². The molecule has 0 saturated carbocycles. The fourth-order valence-corrected chi connectivity index (χ4v) is 3.32. The summed E-state index contributed by atoms with van der Waals surface area (Å²) in [7, 11) is 2.98. The van der Waals surface area contributed by atoms with Crippen molar-refractivity contribution in [1.29, 1.82) is 0 Å². The molecule has 1 saturated heterocycles. The van der Waals surface area contributed by atoms with Crippen LogP contribution in [0.25, 0.3) is 0 Å². The van der Waals surface area contributed by atoms with Gasteiger partial charge in [-0.25, -0.2) is 0 Å². The number of hydrogen-bond donors (Lipinski definition) is 1. The molecule has 2 aromatic rings. The number of hydrogen-bond acceptors (Lipinski definition) is 4. The Labute approximate surface area is 171 Å². The molecule has 1 aliphatic heterocycles. The van der Waals surface area contributed by atoms with Crippen molar-refractivity contribution >= 4 is 17.5 Å². The SMILES string of the molecule is COc1ccc(N2CC(C(=O)NCc3cccc(C(F)(F)F)c3)CC2=O)c(OC)c1. The molecule has 2 amide bonds. The Morgan fingerprint density at radius 3 is 2.60 bits per heavy atom. The molecule has 160 valence electrons. The number of carbonyl (C=O) groups excluding carboxylic acids is 2. The second-order valence-electron chi connectivity index (χ2n) is 6.86. The van der Waals surface area contributed by atoms with Crippen LogP contribution in [0.4, 0.5) is 18.9 Å². The number of carbonyl (C=O) groups is 2. The summed E-state index contributed by atoms with van der Waals surface area (Å²) in [5.41, 5.74) is 0.0794. The first-order valence-electron chi connectivity index (χ1n) is 9.19. The van der Waals surface area contributed by atoms with Crippen LogP contribution in [0, 0.1) is 5.92 Å². The Bertz CT molecular complexity index is 946. The number of anilines is 1. The minimum atomic E-state index is -4.45. The van der Waals surface area contributed by atoms with Crippen molar-refractivity contribution in [3.05, 3.63) is 53.6 Å². The molecule has 9 heteroatoms. The van der Waals surface area contributed by atoms with Crippen molar-refractivity contribution in [1.82, 2.24) is 5.32 Å². The third-order valence-electron chi connectivity index (χ3n) is 4.89. The van der Waals surface area contributed by atoms with E-state index in [0.29, 0.717) is 22.7 Å². The average molecular weight is 422 g/mol. The van der Waals surface area contributed by atoms with Gasteiger partial charge in [0, 0.05) is 25.6 Å². The number of halogens is 3. The smallest absolute Gasteiger partial charge is 0.416 e. The maximum atomic E-state index is 12.8. The van der Waals surface area contributed by atoms with Crippen molar-refractivity contribution < 1.29 is 32.2 Å². The van der Waals surface area contributed by atoms with E-state index in [1.165, 1.54) is 31.3 Å². The van der Waals surface area contributed by atoms with E-state index in [9.17, 15) is 22.8 Å². The van der Waals surface area contributed by atoms with Crippen LogP contribution in [0.1, 0.15) is 17.5 Å². The Hall–Kier alpha value is -3.23. The lowest BCUT2D eigenvalue weighted by Crippen LogP contribution is -2.32. The first kappa shape index (κ1) is 21.5. The zero-order valence-corrected chi connectivity index (χ0v) is 16.5. The predicted molar refractivity (Wildman–Crippen MR) is 103 cm³/mol. The predicted octanol–water partition coefficient (Wildman–Crippen LogP) is 3.39. The van der Waals surface area contributed by atoms with Gasteiger partial charge in [-0.2, -0.15) is 13.2 Å². The number of ether oxygens (including phenoxy) is 2. The molecule has 6 nitrogen and oxygen atoms in total. The largest absolute Gasteiger partial charge is 0.497 e. The minimum absolute atomic E-state index is 0.00358. The molecule has 2 aromatic carbocycles. The van der Waals surface area contributed by atoms with Gasteiger partial charge in [0.2, 0.25) is 11.8 Å². The average Bonchev–Trinajstić information content (AvgIpc) is 3.12.